The molecule has 0 saturated heterocycles. The van der Waals surface area contributed by atoms with Crippen molar-refractivity contribution < 1.29 is 4.79 Å². The van der Waals surface area contributed by atoms with Gasteiger partial charge in [0, 0.05) is 18.8 Å². The molecule has 21 heavy (non-hydrogen) atoms. The average Bonchev–Trinajstić information content (AvgIpc) is 2.95. The maximum absolute atomic E-state index is 12.4. The van der Waals surface area contributed by atoms with Crippen molar-refractivity contribution >= 4 is 29.7 Å². The zero-order valence-corrected chi connectivity index (χ0v) is 13.8. The molecule has 0 radical (unpaired) electrons. The third-order valence-electron chi connectivity index (χ3n) is 3.31. The van der Waals surface area contributed by atoms with Crippen molar-refractivity contribution in [3.8, 4) is 0 Å². The SMILES string of the molecule is CC(c1ccccc1)N(C)C(=O)c1csc(CCN)n1.Cl. The Hall–Kier alpha value is -1.43. The summed E-state index contributed by atoms with van der Waals surface area (Å²) in [6.07, 6.45) is 0.718. The van der Waals surface area contributed by atoms with Crippen molar-refractivity contribution in [2.45, 2.75) is 19.4 Å². The quantitative estimate of drug-likeness (QED) is 0.919. The largest absolute Gasteiger partial charge is 0.334 e. The monoisotopic (exact) mass is 325 g/mol. The molecule has 1 amide bonds. The van der Waals surface area contributed by atoms with Crippen LogP contribution in [0.3, 0.4) is 0 Å². The van der Waals surface area contributed by atoms with Gasteiger partial charge in [0.2, 0.25) is 0 Å². The normalized spacial score (nSPS) is 11.6. The molecule has 0 spiro atoms. The zero-order valence-electron chi connectivity index (χ0n) is 12.2. The molecule has 0 aliphatic rings. The van der Waals surface area contributed by atoms with Crippen LogP contribution in [0.15, 0.2) is 35.7 Å². The third-order valence-corrected chi connectivity index (χ3v) is 4.22. The molecule has 2 rings (SSSR count). The number of carbonyl (C=O) groups excluding carboxylic acids is 1. The topological polar surface area (TPSA) is 59.2 Å². The van der Waals surface area contributed by atoms with Crippen molar-refractivity contribution in [1.82, 2.24) is 9.88 Å². The van der Waals surface area contributed by atoms with Gasteiger partial charge >= 0.3 is 0 Å². The fraction of sp³-hybridized carbons (Fsp3) is 0.333. The van der Waals surface area contributed by atoms with E-state index in [9.17, 15) is 4.79 Å². The Morgan fingerprint density at radius 3 is 2.67 bits per heavy atom. The summed E-state index contributed by atoms with van der Waals surface area (Å²) in [5, 5.41) is 2.72. The molecule has 1 unspecified atom stereocenters. The fourth-order valence-electron chi connectivity index (χ4n) is 1.96. The molecule has 1 aromatic heterocycles. The van der Waals surface area contributed by atoms with Crippen LogP contribution in [-0.4, -0.2) is 29.4 Å². The van der Waals surface area contributed by atoms with Crippen LogP contribution in [0.2, 0.25) is 0 Å². The lowest BCUT2D eigenvalue weighted by molar-refractivity contribution is 0.0737. The van der Waals surface area contributed by atoms with E-state index in [0.717, 1.165) is 17.0 Å². The molecule has 0 aliphatic heterocycles. The van der Waals surface area contributed by atoms with E-state index in [1.165, 1.54) is 11.3 Å². The maximum atomic E-state index is 12.4. The number of nitrogens with zero attached hydrogens (tertiary/aromatic N) is 2. The van der Waals surface area contributed by atoms with Crippen LogP contribution in [0.4, 0.5) is 0 Å². The highest BCUT2D eigenvalue weighted by atomic mass is 35.5. The van der Waals surface area contributed by atoms with Crippen LogP contribution in [0.1, 0.15) is 34.0 Å². The van der Waals surface area contributed by atoms with Gasteiger partial charge in [-0.15, -0.1) is 23.7 Å². The molecule has 2 N–H and O–H groups in total. The van der Waals surface area contributed by atoms with Crippen LogP contribution in [0.25, 0.3) is 0 Å². The molecule has 0 bridgehead atoms. The van der Waals surface area contributed by atoms with E-state index < -0.39 is 0 Å². The summed E-state index contributed by atoms with van der Waals surface area (Å²) in [6.45, 7) is 2.57. The van der Waals surface area contributed by atoms with Crippen LogP contribution >= 0.6 is 23.7 Å². The van der Waals surface area contributed by atoms with Gasteiger partial charge in [-0.2, -0.15) is 0 Å². The van der Waals surface area contributed by atoms with E-state index in [4.69, 9.17) is 5.73 Å². The van der Waals surface area contributed by atoms with Crippen LogP contribution in [-0.2, 0) is 6.42 Å². The minimum Gasteiger partial charge on any atom is -0.334 e. The molecule has 2 aromatic rings. The lowest BCUT2D eigenvalue weighted by atomic mass is 10.1. The average molecular weight is 326 g/mol. The van der Waals surface area contributed by atoms with E-state index in [2.05, 4.69) is 4.98 Å². The second kappa shape index (κ2) is 8.12. The highest BCUT2D eigenvalue weighted by molar-refractivity contribution is 7.09. The first-order valence-electron chi connectivity index (χ1n) is 6.60. The molecule has 1 atom stereocenters. The molecule has 1 aromatic carbocycles. The van der Waals surface area contributed by atoms with Crippen molar-refractivity contribution in [2.75, 3.05) is 13.6 Å². The second-order valence-electron chi connectivity index (χ2n) is 4.67. The molecule has 6 heteroatoms. The Kier molecular flexibility index (Phi) is 6.81. The van der Waals surface area contributed by atoms with E-state index in [1.807, 2.05) is 49.7 Å². The second-order valence-corrected chi connectivity index (χ2v) is 5.61. The Bertz CT molecular complexity index is 573. The van der Waals surface area contributed by atoms with Crippen molar-refractivity contribution in [1.29, 1.82) is 0 Å². The number of hydrogen-bond donors (Lipinski definition) is 1. The van der Waals surface area contributed by atoms with Gasteiger partial charge in [0.15, 0.2) is 0 Å². The van der Waals surface area contributed by atoms with E-state index >= 15 is 0 Å². The summed E-state index contributed by atoms with van der Waals surface area (Å²) < 4.78 is 0. The highest BCUT2D eigenvalue weighted by Crippen LogP contribution is 2.21. The van der Waals surface area contributed by atoms with Gasteiger partial charge in [-0.25, -0.2) is 4.98 Å². The van der Waals surface area contributed by atoms with E-state index in [0.29, 0.717) is 12.2 Å². The standard InChI is InChI=1S/C15H19N3OS.ClH/c1-11(12-6-4-3-5-7-12)18(2)15(19)13-10-20-14(17-13)8-9-16;/h3-7,10-11H,8-9,16H2,1-2H3;1H. The summed E-state index contributed by atoms with van der Waals surface area (Å²) in [4.78, 5) is 18.5. The summed E-state index contributed by atoms with van der Waals surface area (Å²) >= 11 is 1.49. The van der Waals surface area contributed by atoms with E-state index in [1.54, 1.807) is 4.90 Å². The number of aromatic nitrogens is 1. The van der Waals surface area contributed by atoms with Crippen molar-refractivity contribution in [3.63, 3.8) is 0 Å². The molecule has 1 heterocycles. The van der Waals surface area contributed by atoms with Gasteiger partial charge in [-0.1, -0.05) is 30.3 Å². The van der Waals surface area contributed by atoms with Gasteiger partial charge < -0.3 is 10.6 Å². The Morgan fingerprint density at radius 1 is 1.38 bits per heavy atom. The van der Waals surface area contributed by atoms with Gasteiger partial charge in [0.1, 0.15) is 5.69 Å². The fourth-order valence-corrected chi connectivity index (χ4v) is 2.75. The Morgan fingerprint density at radius 2 is 2.05 bits per heavy atom. The van der Waals surface area contributed by atoms with Gasteiger partial charge in [-0.3, -0.25) is 4.79 Å². The minimum absolute atomic E-state index is 0. The highest BCUT2D eigenvalue weighted by Gasteiger charge is 2.20. The summed E-state index contributed by atoms with van der Waals surface area (Å²) in [7, 11) is 1.81. The number of hydrogen-bond acceptors (Lipinski definition) is 4. The maximum Gasteiger partial charge on any atom is 0.273 e. The summed E-state index contributed by atoms with van der Waals surface area (Å²) in [5.74, 6) is -0.0547. The smallest absolute Gasteiger partial charge is 0.273 e. The van der Waals surface area contributed by atoms with Gasteiger partial charge in [-0.05, 0) is 19.0 Å². The molecular formula is C15H20ClN3OS. The molecular weight excluding hydrogens is 306 g/mol. The summed E-state index contributed by atoms with van der Waals surface area (Å²) in [5.41, 5.74) is 7.12. The molecule has 0 aliphatic carbocycles. The molecule has 0 fully saturated rings. The first kappa shape index (κ1) is 17.6. The Labute approximate surface area is 135 Å². The minimum atomic E-state index is -0.0547. The van der Waals surface area contributed by atoms with Crippen LogP contribution < -0.4 is 5.73 Å². The Balaban J connectivity index is 0.00000220. The summed E-state index contributed by atoms with van der Waals surface area (Å²) in [6, 6.07) is 9.99. The first-order chi connectivity index (χ1) is 9.63. The zero-order chi connectivity index (χ0) is 14.5. The number of nitrogens with two attached hydrogens (primary N) is 1. The predicted octanol–water partition coefficient (Wildman–Crippen LogP) is 2.90. The number of carbonyl (C=O) groups is 1. The lowest BCUT2D eigenvalue weighted by Gasteiger charge is -2.24. The van der Waals surface area contributed by atoms with Gasteiger partial charge in [0.25, 0.3) is 5.91 Å². The van der Waals surface area contributed by atoms with Crippen molar-refractivity contribution in [2.24, 2.45) is 5.73 Å². The molecule has 4 nitrogen and oxygen atoms in total. The number of benzene rings is 1. The predicted molar refractivity (Wildman–Crippen MR) is 89.1 cm³/mol. The van der Waals surface area contributed by atoms with Crippen molar-refractivity contribution in [3.05, 3.63) is 52.0 Å². The molecule has 0 saturated carbocycles. The van der Waals surface area contributed by atoms with Gasteiger partial charge in [0.05, 0.1) is 11.0 Å². The van der Waals surface area contributed by atoms with Crippen LogP contribution in [0, 0.1) is 0 Å². The third kappa shape index (κ3) is 4.27. The number of amides is 1. The molecule has 114 valence electrons. The van der Waals surface area contributed by atoms with E-state index in [-0.39, 0.29) is 24.4 Å². The number of halogens is 1. The lowest BCUT2D eigenvalue weighted by Crippen LogP contribution is -2.29. The number of thiazole rings is 1. The first-order valence-corrected chi connectivity index (χ1v) is 7.48. The number of rotatable bonds is 5. The van der Waals surface area contributed by atoms with Crippen LogP contribution in [0.5, 0.6) is 0 Å².